The summed E-state index contributed by atoms with van der Waals surface area (Å²) in [6.45, 7) is 4.46. The maximum absolute atomic E-state index is 12.9. The number of hydrogen-bond acceptors (Lipinski definition) is 5. The molecule has 2 N–H and O–H groups in total. The lowest BCUT2D eigenvalue weighted by Crippen LogP contribution is -2.49. The molecule has 1 aliphatic heterocycles. The number of carbonyl (C=O) groups excluding carboxylic acids is 1. The Labute approximate surface area is 178 Å². The lowest BCUT2D eigenvalue weighted by Gasteiger charge is -2.35. The first-order valence-corrected chi connectivity index (χ1v) is 10.2. The molecule has 4 aromatic rings. The second-order valence-electron chi connectivity index (χ2n) is 7.69. The molecule has 1 aromatic carbocycles. The van der Waals surface area contributed by atoms with Crippen molar-refractivity contribution in [1.82, 2.24) is 24.8 Å². The first-order chi connectivity index (χ1) is 15.1. The molecule has 156 valence electrons. The van der Waals surface area contributed by atoms with E-state index in [0.29, 0.717) is 43.4 Å². The van der Waals surface area contributed by atoms with E-state index in [1.54, 1.807) is 13.1 Å². The number of amides is 1. The number of nitrogens with one attached hydrogen (secondary N) is 2. The Morgan fingerprint density at radius 3 is 2.52 bits per heavy atom. The highest BCUT2D eigenvalue weighted by Gasteiger charge is 2.24. The van der Waals surface area contributed by atoms with Crippen LogP contribution in [0, 0.1) is 6.92 Å². The van der Waals surface area contributed by atoms with Gasteiger partial charge >= 0.3 is 0 Å². The van der Waals surface area contributed by atoms with Crippen LogP contribution in [0.4, 0.5) is 5.82 Å². The molecule has 1 saturated heterocycles. The lowest BCUT2D eigenvalue weighted by atomic mass is 10.2. The molecule has 31 heavy (non-hydrogen) atoms. The SMILES string of the molecule is Cc1cc(=O)[nH]c(-c2ccc(N3CCN(C(=O)c4cc5ccccc5[nH]4)CC3)nc2)n1. The molecule has 0 atom stereocenters. The summed E-state index contributed by atoms with van der Waals surface area (Å²) < 4.78 is 0. The molecule has 8 heteroatoms. The van der Waals surface area contributed by atoms with Gasteiger partial charge in [-0.05, 0) is 31.2 Å². The van der Waals surface area contributed by atoms with E-state index < -0.39 is 0 Å². The van der Waals surface area contributed by atoms with Gasteiger partial charge < -0.3 is 19.8 Å². The third kappa shape index (κ3) is 3.79. The Balaban J connectivity index is 1.26. The number of aromatic amines is 2. The first-order valence-electron chi connectivity index (χ1n) is 10.2. The number of hydrogen-bond donors (Lipinski definition) is 2. The van der Waals surface area contributed by atoms with Gasteiger partial charge in [0.25, 0.3) is 11.5 Å². The number of fused-ring (bicyclic) bond motifs is 1. The molecule has 3 aromatic heterocycles. The number of carbonyl (C=O) groups is 1. The van der Waals surface area contributed by atoms with Crippen LogP contribution in [-0.2, 0) is 0 Å². The molecule has 0 spiro atoms. The number of nitrogens with zero attached hydrogens (tertiary/aromatic N) is 4. The van der Waals surface area contributed by atoms with Crippen molar-refractivity contribution in [2.24, 2.45) is 0 Å². The van der Waals surface area contributed by atoms with Crippen LogP contribution in [-0.4, -0.2) is 56.9 Å². The van der Waals surface area contributed by atoms with E-state index in [2.05, 4.69) is 24.8 Å². The highest BCUT2D eigenvalue weighted by atomic mass is 16.2. The van der Waals surface area contributed by atoms with Gasteiger partial charge in [0.1, 0.15) is 17.3 Å². The number of para-hydroxylation sites is 1. The number of aryl methyl sites for hydroxylation is 1. The third-order valence-electron chi connectivity index (χ3n) is 5.54. The Morgan fingerprint density at radius 1 is 1.00 bits per heavy atom. The molecule has 0 saturated carbocycles. The molecule has 4 heterocycles. The Hall–Kier alpha value is -3.94. The van der Waals surface area contributed by atoms with E-state index >= 15 is 0 Å². The summed E-state index contributed by atoms with van der Waals surface area (Å²) in [6.07, 6.45) is 1.72. The van der Waals surface area contributed by atoms with Crippen molar-refractivity contribution in [1.29, 1.82) is 0 Å². The van der Waals surface area contributed by atoms with Crippen molar-refractivity contribution in [3.63, 3.8) is 0 Å². The maximum Gasteiger partial charge on any atom is 0.270 e. The van der Waals surface area contributed by atoms with Gasteiger partial charge in [-0.25, -0.2) is 9.97 Å². The van der Waals surface area contributed by atoms with Crippen molar-refractivity contribution in [3.05, 3.63) is 76.5 Å². The Morgan fingerprint density at radius 2 is 1.81 bits per heavy atom. The van der Waals surface area contributed by atoms with Gasteiger partial charge in [0, 0.05) is 60.6 Å². The van der Waals surface area contributed by atoms with Crippen LogP contribution in [0.15, 0.2) is 59.5 Å². The standard InChI is InChI=1S/C23H22N6O2/c1-15-12-21(30)27-22(25-15)17-6-7-20(24-14-17)28-8-10-29(11-9-28)23(31)19-13-16-4-2-3-5-18(16)26-19/h2-7,12-14,26H,8-11H2,1H3,(H,25,27,30). The second kappa shape index (κ2) is 7.71. The van der Waals surface area contributed by atoms with E-state index in [4.69, 9.17) is 0 Å². The van der Waals surface area contributed by atoms with E-state index in [1.165, 1.54) is 6.07 Å². The quantitative estimate of drug-likeness (QED) is 0.537. The summed E-state index contributed by atoms with van der Waals surface area (Å²) in [5.41, 5.74) is 2.84. The molecule has 1 fully saturated rings. The van der Waals surface area contributed by atoms with Crippen molar-refractivity contribution < 1.29 is 4.79 Å². The van der Waals surface area contributed by atoms with E-state index in [-0.39, 0.29) is 11.5 Å². The van der Waals surface area contributed by atoms with Crippen LogP contribution in [0.5, 0.6) is 0 Å². The van der Waals surface area contributed by atoms with Crippen LogP contribution in [0.25, 0.3) is 22.3 Å². The minimum Gasteiger partial charge on any atom is -0.353 e. The first kappa shape index (κ1) is 19.0. The van der Waals surface area contributed by atoms with Crippen molar-refractivity contribution in [2.75, 3.05) is 31.1 Å². The van der Waals surface area contributed by atoms with Crippen molar-refractivity contribution >= 4 is 22.6 Å². The van der Waals surface area contributed by atoms with Gasteiger partial charge in [0.15, 0.2) is 0 Å². The number of H-pyrrole nitrogens is 2. The minimum atomic E-state index is -0.178. The largest absolute Gasteiger partial charge is 0.353 e. The molecule has 8 nitrogen and oxygen atoms in total. The fourth-order valence-corrected chi connectivity index (χ4v) is 3.93. The molecule has 1 amide bonds. The molecule has 0 unspecified atom stereocenters. The lowest BCUT2D eigenvalue weighted by molar-refractivity contribution is 0.0741. The summed E-state index contributed by atoms with van der Waals surface area (Å²) in [5, 5.41) is 1.04. The van der Waals surface area contributed by atoms with Gasteiger partial charge in [0.05, 0.1) is 0 Å². The normalized spacial score (nSPS) is 14.2. The van der Waals surface area contributed by atoms with Gasteiger partial charge in [-0.3, -0.25) is 9.59 Å². The molecule has 0 radical (unpaired) electrons. The zero-order valence-electron chi connectivity index (χ0n) is 17.1. The summed E-state index contributed by atoms with van der Waals surface area (Å²) in [6, 6.07) is 15.1. The van der Waals surface area contributed by atoms with E-state index in [9.17, 15) is 9.59 Å². The zero-order chi connectivity index (χ0) is 21.4. The third-order valence-corrected chi connectivity index (χ3v) is 5.54. The molecule has 1 aliphatic rings. The predicted molar refractivity (Wildman–Crippen MR) is 119 cm³/mol. The molecule has 0 aliphatic carbocycles. The number of piperazine rings is 1. The number of anilines is 1. The van der Waals surface area contributed by atoms with E-state index in [0.717, 1.165) is 22.3 Å². The van der Waals surface area contributed by atoms with Gasteiger partial charge in [-0.1, -0.05) is 18.2 Å². The predicted octanol–water partition coefficient (Wildman–Crippen LogP) is 2.58. The summed E-state index contributed by atoms with van der Waals surface area (Å²) in [7, 11) is 0. The van der Waals surface area contributed by atoms with Crippen LogP contribution >= 0.6 is 0 Å². The van der Waals surface area contributed by atoms with Crippen molar-refractivity contribution in [2.45, 2.75) is 6.92 Å². The molecular weight excluding hydrogens is 392 g/mol. The number of benzene rings is 1. The van der Waals surface area contributed by atoms with Crippen LogP contribution in [0.1, 0.15) is 16.2 Å². The van der Waals surface area contributed by atoms with Crippen molar-refractivity contribution in [3.8, 4) is 11.4 Å². The second-order valence-corrected chi connectivity index (χ2v) is 7.69. The summed E-state index contributed by atoms with van der Waals surface area (Å²) >= 11 is 0. The maximum atomic E-state index is 12.9. The highest BCUT2D eigenvalue weighted by Crippen LogP contribution is 2.20. The Kier molecular flexibility index (Phi) is 4.74. The van der Waals surface area contributed by atoms with Crippen LogP contribution in [0.3, 0.4) is 0 Å². The van der Waals surface area contributed by atoms with Crippen LogP contribution < -0.4 is 10.5 Å². The number of aromatic nitrogens is 4. The smallest absolute Gasteiger partial charge is 0.270 e. The van der Waals surface area contributed by atoms with E-state index in [1.807, 2.05) is 47.4 Å². The monoisotopic (exact) mass is 414 g/mol. The fourth-order valence-electron chi connectivity index (χ4n) is 3.93. The minimum absolute atomic E-state index is 0.0219. The fraction of sp³-hybridized carbons (Fsp3) is 0.217. The number of pyridine rings is 1. The average molecular weight is 414 g/mol. The van der Waals surface area contributed by atoms with Gasteiger partial charge in [-0.15, -0.1) is 0 Å². The van der Waals surface area contributed by atoms with Crippen LogP contribution in [0.2, 0.25) is 0 Å². The molecule has 5 rings (SSSR count). The topological polar surface area (TPSA) is 98.0 Å². The zero-order valence-corrected chi connectivity index (χ0v) is 17.1. The van der Waals surface area contributed by atoms with Gasteiger partial charge in [-0.2, -0.15) is 0 Å². The average Bonchev–Trinajstić information content (AvgIpc) is 3.22. The highest BCUT2D eigenvalue weighted by molar-refractivity contribution is 5.98. The van der Waals surface area contributed by atoms with Gasteiger partial charge in [0.2, 0.25) is 0 Å². The summed E-state index contributed by atoms with van der Waals surface area (Å²) in [5.74, 6) is 1.38. The summed E-state index contributed by atoms with van der Waals surface area (Å²) in [4.78, 5) is 43.5. The molecular formula is C23H22N6O2. The number of rotatable bonds is 3. The molecule has 0 bridgehead atoms. The Bertz CT molecular complexity index is 1270.